The van der Waals surface area contributed by atoms with Gasteiger partial charge >= 0.3 is 6.03 Å². The molecule has 0 aliphatic carbocycles. The molecule has 2 fully saturated rings. The van der Waals surface area contributed by atoms with Gasteiger partial charge in [-0.3, -0.25) is 0 Å². The molecule has 4 N–H and O–H groups in total. The fourth-order valence-electron chi connectivity index (χ4n) is 4.97. The normalized spacial score (nSPS) is 20.4. The molecule has 2 aliphatic heterocycles. The molecule has 0 saturated carbocycles. The first-order chi connectivity index (χ1) is 19.1. The van der Waals surface area contributed by atoms with E-state index in [1.54, 1.807) is 29.2 Å². The number of nitrogens with two attached hydrogens (primary N) is 1. The number of ether oxygens (including phenoxy) is 1. The molecule has 2 aromatic carbocycles. The Hall–Kier alpha value is -2.97. The fraction of sp³-hybridized carbons (Fsp3) is 0.346. The molecule has 14 heteroatoms. The van der Waals surface area contributed by atoms with Crippen molar-refractivity contribution in [3.05, 3.63) is 65.7 Å². The third-order valence-electron chi connectivity index (χ3n) is 7.32. The van der Waals surface area contributed by atoms with Crippen molar-refractivity contribution >= 4 is 50.9 Å². The van der Waals surface area contributed by atoms with Crippen molar-refractivity contribution in [2.45, 2.75) is 46.7 Å². The van der Waals surface area contributed by atoms with E-state index in [9.17, 15) is 17.6 Å². The Morgan fingerprint density at radius 3 is 2.58 bits per heavy atom. The number of halogens is 2. The SMILES string of the molecule is C[C@@H]1OCC2(CCN(c3cnc(Sc4cccc(NC(=O)NS(=O)(=O)c5ccccc5F)c4Cl)cn3)CC2)[C@@H]1N. The first kappa shape index (κ1) is 28.6. The van der Waals surface area contributed by atoms with Crippen LogP contribution < -0.4 is 20.7 Å². The van der Waals surface area contributed by atoms with Gasteiger partial charge in [0.25, 0.3) is 10.0 Å². The van der Waals surface area contributed by atoms with Crippen LogP contribution in [-0.4, -0.2) is 56.3 Å². The molecule has 0 radical (unpaired) electrons. The maximum Gasteiger partial charge on any atom is 0.333 e. The van der Waals surface area contributed by atoms with Crippen LogP contribution in [-0.2, 0) is 14.8 Å². The molecule has 1 aromatic heterocycles. The van der Waals surface area contributed by atoms with Crippen LogP contribution in [0.2, 0.25) is 5.02 Å². The standard InChI is InChI=1S/C26H28ClFN6O4S2/c1-16-24(29)26(15-38-16)9-11-34(12-10-26)21-13-31-22(14-30-21)39-19-7-4-6-18(23(19)27)32-25(35)33-40(36,37)20-8-3-2-5-17(20)28/h2-8,13-14,16,24H,9-12,15,29H2,1H3,(H2,32,33,35)/t16-,24+/m0/s1. The lowest BCUT2D eigenvalue weighted by Gasteiger charge is -2.41. The smallest absolute Gasteiger partial charge is 0.333 e. The Kier molecular flexibility index (Phi) is 8.20. The van der Waals surface area contributed by atoms with Crippen LogP contribution in [0.3, 0.4) is 0 Å². The Morgan fingerprint density at radius 2 is 1.93 bits per heavy atom. The number of carbonyl (C=O) groups is 1. The summed E-state index contributed by atoms with van der Waals surface area (Å²) in [5.41, 5.74) is 6.61. The van der Waals surface area contributed by atoms with E-state index in [1.165, 1.54) is 30.0 Å². The molecule has 0 bridgehead atoms. The molecule has 212 valence electrons. The van der Waals surface area contributed by atoms with Gasteiger partial charge in [-0.15, -0.1) is 0 Å². The number of hydrogen-bond donors (Lipinski definition) is 3. The predicted molar refractivity (Wildman–Crippen MR) is 151 cm³/mol. The van der Waals surface area contributed by atoms with E-state index in [0.29, 0.717) is 16.5 Å². The van der Waals surface area contributed by atoms with Gasteiger partial charge < -0.3 is 20.7 Å². The Labute approximate surface area is 240 Å². The van der Waals surface area contributed by atoms with Crippen LogP contribution in [0.5, 0.6) is 0 Å². The van der Waals surface area contributed by atoms with Crippen LogP contribution in [0.25, 0.3) is 0 Å². The number of nitrogens with one attached hydrogen (secondary N) is 2. The number of urea groups is 1. The van der Waals surface area contributed by atoms with Gasteiger partial charge in [-0.1, -0.05) is 41.6 Å². The topological polar surface area (TPSA) is 140 Å². The highest BCUT2D eigenvalue weighted by Gasteiger charge is 2.47. The molecule has 1 spiro atoms. The maximum atomic E-state index is 13.9. The molecular weight excluding hydrogens is 579 g/mol. The van der Waals surface area contributed by atoms with Crippen molar-refractivity contribution in [2.75, 3.05) is 29.9 Å². The lowest BCUT2D eigenvalue weighted by Crippen LogP contribution is -2.50. The summed E-state index contributed by atoms with van der Waals surface area (Å²) >= 11 is 7.74. The average Bonchev–Trinajstić information content (AvgIpc) is 3.20. The number of anilines is 2. The predicted octanol–water partition coefficient (Wildman–Crippen LogP) is 4.26. The van der Waals surface area contributed by atoms with E-state index in [2.05, 4.69) is 20.2 Å². The van der Waals surface area contributed by atoms with Gasteiger partial charge in [0, 0.05) is 29.4 Å². The molecule has 40 heavy (non-hydrogen) atoms. The van der Waals surface area contributed by atoms with E-state index < -0.39 is 26.8 Å². The summed E-state index contributed by atoms with van der Waals surface area (Å²) in [7, 11) is -4.43. The second-order valence-electron chi connectivity index (χ2n) is 9.81. The molecule has 3 aromatic rings. The van der Waals surface area contributed by atoms with Gasteiger partial charge in [0.05, 0.1) is 35.8 Å². The molecule has 10 nitrogen and oxygen atoms in total. The number of piperidine rings is 1. The zero-order valence-electron chi connectivity index (χ0n) is 21.5. The van der Waals surface area contributed by atoms with E-state index >= 15 is 0 Å². The van der Waals surface area contributed by atoms with Crippen molar-refractivity contribution in [3.63, 3.8) is 0 Å². The highest BCUT2D eigenvalue weighted by molar-refractivity contribution is 7.99. The van der Waals surface area contributed by atoms with E-state index in [-0.39, 0.29) is 28.3 Å². The summed E-state index contributed by atoms with van der Waals surface area (Å²) < 4.78 is 46.3. The Balaban J connectivity index is 1.21. The first-order valence-corrected chi connectivity index (χ1v) is 15.2. The van der Waals surface area contributed by atoms with Gasteiger partial charge in [-0.05, 0) is 44.0 Å². The summed E-state index contributed by atoms with van der Waals surface area (Å²) in [6, 6.07) is 8.61. The number of rotatable bonds is 6. The van der Waals surface area contributed by atoms with Crippen LogP contribution in [0.4, 0.5) is 20.7 Å². The molecule has 2 atom stereocenters. The van der Waals surface area contributed by atoms with Crippen molar-refractivity contribution in [1.29, 1.82) is 0 Å². The molecule has 2 aliphatic rings. The van der Waals surface area contributed by atoms with E-state index in [4.69, 9.17) is 22.1 Å². The summed E-state index contributed by atoms with van der Waals surface area (Å²) in [6.45, 7) is 4.36. The second kappa shape index (κ2) is 11.5. The zero-order valence-corrected chi connectivity index (χ0v) is 23.9. The molecule has 5 rings (SSSR count). The first-order valence-electron chi connectivity index (χ1n) is 12.6. The van der Waals surface area contributed by atoms with Crippen LogP contribution in [0.15, 0.2) is 69.7 Å². The third kappa shape index (κ3) is 5.88. The van der Waals surface area contributed by atoms with Gasteiger partial charge in [-0.25, -0.2) is 32.3 Å². The van der Waals surface area contributed by atoms with Crippen molar-refractivity contribution < 1.29 is 22.3 Å². The molecule has 0 unspecified atom stereocenters. The minimum atomic E-state index is -4.43. The Bertz CT molecular complexity index is 1500. The molecule has 3 heterocycles. The number of benzene rings is 2. The van der Waals surface area contributed by atoms with Crippen LogP contribution in [0.1, 0.15) is 19.8 Å². The maximum absolute atomic E-state index is 13.9. The molecule has 2 amide bonds. The van der Waals surface area contributed by atoms with Gasteiger partial charge in [0.1, 0.15) is 21.6 Å². The number of hydrogen-bond acceptors (Lipinski definition) is 9. The molecule has 2 saturated heterocycles. The number of sulfonamides is 1. The van der Waals surface area contributed by atoms with E-state index in [1.807, 2.05) is 6.92 Å². The minimum Gasteiger partial charge on any atom is -0.376 e. The number of carbonyl (C=O) groups excluding carboxylic acids is 1. The minimum absolute atomic E-state index is 0.0216. The third-order valence-corrected chi connectivity index (χ3v) is 10.2. The second-order valence-corrected chi connectivity index (χ2v) is 12.9. The number of aromatic nitrogens is 2. The monoisotopic (exact) mass is 606 g/mol. The number of nitrogens with zero attached hydrogens (tertiary/aromatic N) is 3. The summed E-state index contributed by atoms with van der Waals surface area (Å²) in [4.78, 5) is 23.6. The highest BCUT2D eigenvalue weighted by atomic mass is 35.5. The largest absolute Gasteiger partial charge is 0.376 e. The van der Waals surface area contributed by atoms with Crippen molar-refractivity contribution in [2.24, 2.45) is 11.1 Å². The quantitative estimate of drug-likeness (QED) is 0.375. The summed E-state index contributed by atoms with van der Waals surface area (Å²) in [5.74, 6) is -0.202. The van der Waals surface area contributed by atoms with Crippen molar-refractivity contribution in [3.8, 4) is 0 Å². The van der Waals surface area contributed by atoms with Crippen LogP contribution >= 0.6 is 23.4 Å². The molecular formula is C26H28ClFN6O4S2. The Morgan fingerprint density at radius 1 is 1.18 bits per heavy atom. The van der Waals surface area contributed by atoms with Gasteiger partial charge in [-0.2, -0.15) is 0 Å². The summed E-state index contributed by atoms with van der Waals surface area (Å²) in [6.07, 6.45) is 5.30. The zero-order chi connectivity index (χ0) is 28.5. The average molecular weight is 607 g/mol. The lowest BCUT2D eigenvalue weighted by atomic mass is 9.73. The van der Waals surface area contributed by atoms with Crippen molar-refractivity contribution in [1.82, 2.24) is 14.7 Å². The lowest BCUT2D eigenvalue weighted by molar-refractivity contribution is 0.0974. The van der Waals surface area contributed by atoms with Gasteiger partial charge in [0.2, 0.25) is 0 Å². The van der Waals surface area contributed by atoms with E-state index in [0.717, 1.165) is 43.9 Å². The summed E-state index contributed by atoms with van der Waals surface area (Å²) in [5, 5.41) is 3.17. The fourth-order valence-corrected chi connectivity index (χ4v) is 7.02. The highest BCUT2D eigenvalue weighted by Crippen LogP contribution is 2.42. The number of amides is 2. The van der Waals surface area contributed by atoms with Crippen LogP contribution in [0, 0.1) is 11.2 Å². The van der Waals surface area contributed by atoms with Gasteiger partial charge in [0.15, 0.2) is 0 Å².